The molecule has 1 N–H and O–H groups in total. The van der Waals surface area contributed by atoms with Crippen molar-refractivity contribution in [2.24, 2.45) is 5.10 Å². The summed E-state index contributed by atoms with van der Waals surface area (Å²) in [5.41, 5.74) is 3.44. The Balaban J connectivity index is 2.17. The van der Waals surface area contributed by atoms with Crippen LogP contribution in [0.1, 0.15) is 22.8 Å². The Labute approximate surface area is 189 Å². The molecule has 2 aromatic rings. The number of halogens is 1. The highest BCUT2D eigenvalue weighted by molar-refractivity contribution is 9.10. The maximum absolute atomic E-state index is 12.5. The molecule has 0 aromatic heterocycles. The minimum absolute atomic E-state index is 0.109. The van der Waals surface area contributed by atoms with Crippen molar-refractivity contribution in [2.75, 3.05) is 41.8 Å². The molecule has 1 amide bonds. The fourth-order valence-corrected chi connectivity index (χ4v) is 2.97. The smallest absolute Gasteiger partial charge is 0.271 e. The van der Waals surface area contributed by atoms with Crippen LogP contribution in [0, 0.1) is 0 Å². The number of ether oxygens (including phenoxy) is 6. The largest absolute Gasteiger partial charge is 0.493 e. The Morgan fingerprint density at radius 2 is 1.61 bits per heavy atom. The van der Waals surface area contributed by atoms with Crippen LogP contribution in [0.15, 0.2) is 33.8 Å². The van der Waals surface area contributed by atoms with Gasteiger partial charge in [-0.25, -0.2) is 5.43 Å². The molecule has 0 aliphatic carbocycles. The van der Waals surface area contributed by atoms with Crippen molar-refractivity contribution in [3.63, 3.8) is 0 Å². The zero-order valence-corrected chi connectivity index (χ0v) is 19.6. The van der Waals surface area contributed by atoms with Crippen molar-refractivity contribution in [2.45, 2.75) is 6.92 Å². The van der Waals surface area contributed by atoms with Crippen LogP contribution < -0.4 is 29.1 Å². The highest BCUT2D eigenvalue weighted by atomic mass is 79.9. The van der Waals surface area contributed by atoms with Crippen LogP contribution in [0.2, 0.25) is 0 Å². The van der Waals surface area contributed by atoms with Gasteiger partial charge in [0.15, 0.2) is 29.8 Å². The number of rotatable bonds is 11. The molecular weight excluding hydrogens is 472 g/mol. The summed E-state index contributed by atoms with van der Waals surface area (Å²) in [6, 6.07) is 6.53. The summed E-state index contributed by atoms with van der Waals surface area (Å²) in [4.78, 5) is 12.5. The Morgan fingerprint density at radius 3 is 2.16 bits per heavy atom. The first kappa shape index (κ1) is 24.3. The van der Waals surface area contributed by atoms with Gasteiger partial charge in [0.05, 0.1) is 34.7 Å². The molecule has 0 bridgehead atoms. The van der Waals surface area contributed by atoms with Crippen LogP contribution in [-0.4, -0.2) is 54.0 Å². The number of hydrogen-bond donors (Lipinski definition) is 1. The number of nitrogens with one attached hydrogen (secondary N) is 1. The van der Waals surface area contributed by atoms with E-state index < -0.39 is 5.91 Å². The minimum Gasteiger partial charge on any atom is -0.493 e. The molecule has 0 unspecified atom stereocenters. The molecule has 0 saturated heterocycles. The molecule has 0 fully saturated rings. The van der Waals surface area contributed by atoms with Crippen LogP contribution in [0.5, 0.6) is 28.7 Å². The Hall–Kier alpha value is -2.98. The summed E-state index contributed by atoms with van der Waals surface area (Å²) < 4.78 is 32.6. The van der Waals surface area contributed by atoms with Crippen LogP contribution in [-0.2, 0) is 4.74 Å². The number of amides is 1. The van der Waals surface area contributed by atoms with Gasteiger partial charge >= 0.3 is 0 Å². The van der Waals surface area contributed by atoms with Gasteiger partial charge in [0, 0.05) is 22.2 Å². The summed E-state index contributed by atoms with van der Waals surface area (Å²) in [6.07, 6.45) is 1.48. The average Bonchev–Trinajstić information content (AvgIpc) is 2.79. The van der Waals surface area contributed by atoms with Gasteiger partial charge in [-0.2, -0.15) is 5.10 Å². The zero-order chi connectivity index (χ0) is 22.8. The Morgan fingerprint density at radius 1 is 0.968 bits per heavy atom. The predicted molar refractivity (Wildman–Crippen MR) is 119 cm³/mol. The third-order valence-electron chi connectivity index (χ3n) is 4.08. The molecular formula is C21H25BrN2O7. The van der Waals surface area contributed by atoms with Crippen LogP contribution in [0.4, 0.5) is 0 Å². The predicted octanol–water partition coefficient (Wildman–Crippen LogP) is 3.62. The number of carbonyl (C=O) groups is 1. The number of methoxy groups -OCH3 is 4. The Kier molecular flexibility index (Phi) is 9.41. The van der Waals surface area contributed by atoms with E-state index >= 15 is 0 Å². The molecule has 0 heterocycles. The van der Waals surface area contributed by atoms with E-state index in [0.717, 1.165) is 0 Å². The SMILES string of the molecule is CCOCOc1cc(Br)c(/C=N\NC(=O)c2cc(OC)c(OC)c(OC)c2)cc1OC. The van der Waals surface area contributed by atoms with E-state index in [9.17, 15) is 4.79 Å². The fourth-order valence-electron chi connectivity index (χ4n) is 2.55. The summed E-state index contributed by atoms with van der Waals surface area (Å²) in [7, 11) is 5.97. The standard InChI is InChI=1S/C21H25BrN2O7/c1-6-30-12-31-17-10-15(22)14(9-16(17)26-2)11-23-24-21(25)13-7-18(27-3)20(29-5)19(8-13)28-4/h7-11H,6,12H2,1-5H3,(H,24,25)/b23-11-. The van der Waals surface area contributed by atoms with Crippen molar-refractivity contribution >= 4 is 28.1 Å². The molecule has 0 aliphatic rings. The van der Waals surface area contributed by atoms with Gasteiger partial charge in [0.2, 0.25) is 5.75 Å². The Bertz CT molecular complexity index is 909. The van der Waals surface area contributed by atoms with Crippen molar-refractivity contribution < 1.29 is 33.2 Å². The first-order valence-corrected chi connectivity index (χ1v) is 9.99. The zero-order valence-electron chi connectivity index (χ0n) is 18.0. The molecule has 168 valence electrons. The molecule has 0 spiro atoms. The molecule has 0 radical (unpaired) electrons. The van der Waals surface area contributed by atoms with Crippen molar-refractivity contribution in [3.8, 4) is 28.7 Å². The number of hydrogen-bond acceptors (Lipinski definition) is 8. The van der Waals surface area contributed by atoms with Gasteiger partial charge in [-0.15, -0.1) is 0 Å². The quantitative estimate of drug-likeness (QED) is 0.219. The normalized spacial score (nSPS) is 10.6. The molecule has 0 atom stereocenters. The first-order valence-electron chi connectivity index (χ1n) is 9.20. The summed E-state index contributed by atoms with van der Waals surface area (Å²) >= 11 is 3.46. The summed E-state index contributed by atoms with van der Waals surface area (Å²) in [5, 5.41) is 4.02. The van der Waals surface area contributed by atoms with Gasteiger partial charge in [-0.05, 0) is 47.1 Å². The number of hydrazone groups is 1. The lowest BCUT2D eigenvalue weighted by Gasteiger charge is -2.13. The highest BCUT2D eigenvalue weighted by Gasteiger charge is 2.17. The maximum Gasteiger partial charge on any atom is 0.271 e. The number of benzene rings is 2. The van der Waals surface area contributed by atoms with Gasteiger partial charge in [0.1, 0.15) is 0 Å². The topological polar surface area (TPSA) is 96.8 Å². The number of carbonyl (C=O) groups excluding carboxylic acids is 1. The van der Waals surface area contributed by atoms with Crippen LogP contribution in [0.25, 0.3) is 0 Å². The van der Waals surface area contributed by atoms with E-state index in [2.05, 4.69) is 26.5 Å². The third kappa shape index (κ3) is 6.25. The molecule has 0 saturated carbocycles. The molecule has 31 heavy (non-hydrogen) atoms. The monoisotopic (exact) mass is 496 g/mol. The van der Waals surface area contributed by atoms with Gasteiger partial charge in [-0.3, -0.25) is 4.79 Å². The maximum atomic E-state index is 12.5. The minimum atomic E-state index is -0.449. The molecule has 10 heteroatoms. The van der Waals surface area contributed by atoms with Gasteiger partial charge in [0.25, 0.3) is 5.91 Å². The fraction of sp³-hybridized carbons (Fsp3) is 0.333. The second-order valence-corrected chi connectivity index (χ2v) is 6.75. The van der Waals surface area contributed by atoms with E-state index in [1.165, 1.54) is 46.8 Å². The van der Waals surface area contributed by atoms with Crippen molar-refractivity contribution in [3.05, 3.63) is 39.9 Å². The van der Waals surface area contributed by atoms with Crippen molar-refractivity contribution in [1.29, 1.82) is 0 Å². The lowest BCUT2D eigenvalue weighted by Crippen LogP contribution is -2.18. The van der Waals surface area contributed by atoms with Crippen LogP contribution >= 0.6 is 15.9 Å². The van der Waals surface area contributed by atoms with Gasteiger partial charge < -0.3 is 28.4 Å². The second-order valence-electron chi connectivity index (χ2n) is 5.89. The second kappa shape index (κ2) is 12.0. The van der Waals surface area contributed by atoms with Crippen LogP contribution in [0.3, 0.4) is 0 Å². The van der Waals surface area contributed by atoms with E-state index in [-0.39, 0.29) is 6.79 Å². The molecule has 2 aromatic carbocycles. The van der Waals surface area contributed by atoms with E-state index in [1.807, 2.05) is 6.92 Å². The summed E-state index contributed by atoms with van der Waals surface area (Å²) in [5.74, 6) is 1.70. The lowest BCUT2D eigenvalue weighted by atomic mass is 10.1. The molecule has 2 rings (SSSR count). The van der Waals surface area contributed by atoms with E-state index in [0.29, 0.717) is 51.0 Å². The van der Waals surface area contributed by atoms with Crippen molar-refractivity contribution in [1.82, 2.24) is 5.43 Å². The number of nitrogens with zero attached hydrogens (tertiary/aromatic N) is 1. The third-order valence-corrected chi connectivity index (χ3v) is 4.77. The van der Waals surface area contributed by atoms with E-state index in [1.54, 1.807) is 12.1 Å². The highest BCUT2D eigenvalue weighted by Crippen LogP contribution is 2.38. The average molecular weight is 497 g/mol. The first-order chi connectivity index (χ1) is 15.0. The van der Waals surface area contributed by atoms with Gasteiger partial charge in [-0.1, -0.05) is 0 Å². The summed E-state index contributed by atoms with van der Waals surface area (Å²) in [6.45, 7) is 2.53. The molecule has 0 aliphatic heterocycles. The lowest BCUT2D eigenvalue weighted by molar-refractivity contribution is 0.0209. The molecule has 9 nitrogen and oxygen atoms in total. The van der Waals surface area contributed by atoms with E-state index in [4.69, 9.17) is 28.4 Å².